The molecule has 15 heteroatoms. The Morgan fingerprint density at radius 1 is 0.825 bits per heavy atom. The van der Waals surface area contributed by atoms with Gasteiger partial charge in [0, 0.05) is 37.7 Å². The van der Waals surface area contributed by atoms with Crippen LogP contribution in [0, 0.1) is 23.7 Å². The van der Waals surface area contributed by atoms with E-state index in [-0.39, 0.29) is 35.3 Å². The molecular weight excluding hydrogens is 815 g/mol. The molecular formula is C48H53NO14. The second-order valence-electron chi connectivity index (χ2n) is 17.9. The van der Waals surface area contributed by atoms with E-state index in [0.717, 1.165) is 19.4 Å². The third-order valence-corrected chi connectivity index (χ3v) is 13.8. The number of esters is 4. The molecule has 1 unspecified atom stereocenters. The molecule has 15 nitrogen and oxygen atoms in total. The zero-order valence-electron chi connectivity index (χ0n) is 36.2. The van der Waals surface area contributed by atoms with Gasteiger partial charge in [0.1, 0.15) is 23.9 Å². The van der Waals surface area contributed by atoms with Crippen molar-refractivity contribution in [2.24, 2.45) is 16.7 Å². The maximum atomic E-state index is 15.5. The summed E-state index contributed by atoms with van der Waals surface area (Å²) >= 11 is 0. The van der Waals surface area contributed by atoms with E-state index in [2.05, 4.69) is 5.32 Å². The summed E-state index contributed by atoms with van der Waals surface area (Å²) in [5.41, 5.74) is -6.10. The average molecular weight is 868 g/mol. The number of Topliss-reactive ketones (excluding diaryl/α,β-unsaturated/α-hetero) is 1. The summed E-state index contributed by atoms with van der Waals surface area (Å²) in [7, 11) is 0. The fourth-order valence-corrected chi connectivity index (χ4v) is 10.3. The minimum absolute atomic E-state index is 0.00261. The van der Waals surface area contributed by atoms with Crippen LogP contribution in [0.25, 0.3) is 0 Å². The van der Waals surface area contributed by atoms with Gasteiger partial charge in [-0.15, -0.1) is 0 Å². The maximum Gasteiger partial charge on any atom is 0.338 e. The van der Waals surface area contributed by atoms with Gasteiger partial charge < -0.3 is 44.3 Å². The number of carbonyl (C=O) groups is 6. The van der Waals surface area contributed by atoms with Crippen LogP contribution in [0.4, 0.5) is 0 Å². The standard InChI is InChI=1S/C48H53NO14/c1-25-18-20-30(21-19-25)42(55)49-36(29-14-10-8-11-15-29)37(53)44(57)61-32-23-48(58)41(62-43(56)31-16-12-9-13-17-31)39-46(7,33(52)22-34-47(39,24-59-34)63-28(4)51)40(54)38(60-27(3)50)35(26(32)2)45(48,5)6/h8-21,32-34,36-39,41,52-53,58H,22-24H2,1-7H3,(H,49,55)/t32-,33-,34+,36?,37+,38+,39-,41-,46+,47-,48+/m0/s1. The zero-order chi connectivity index (χ0) is 45.8. The highest BCUT2D eigenvalue weighted by Gasteiger charge is 2.78. The van der Waals surface area contributed by atoms with Crippen molar-refractivity contribution in [2.45, 2.75) is 115 Å². The van der Waals surface area contributed by atoms with Crippen molar-refractivity contribution in [3.8, 4) is 0 Å². The van der Waals surface area contributed by atoms with Crippen LogP contribution < -0.4 is 5.32 Å². The van der Waals surface area contributed by atoms with Crippen LogP contribution in [0.2, 0.25) is 0 Å². The number of benzene rings is 3. The SMILES string of the molecule is CC(=O)O[C@H]1C(=O)[C@@]2(C)[C@H]([C@H](OC(=O)c3ccccc3)[C@]3(O)C[C@H](OC(=O)[C@H](O)C(NC(=O)c4ccc(C)cc4)c4ccccc4)C(C)=C1C3(C)C)[C@]1(OC(C)=O)CO[C@@H]1C[C@@H]2O. The number of aliphatic hydroxyl groups is 3. The Kier molecular flexibility index (Phi) is 12.0. The number of rotatable bonds is 10. The van der Waals surface area contributed by atoms with Crippen LogP contribution in [-0.4, -0.2) is 105 Å². The minimum atomic E-state index is -2.39. The van der Waals surface area contributed by atoms with Crippen molar-refractivity contribution in [2.75, 3.05) is 6.61 Å². The fraction of sp³-hybridized carbons (Fsp3) is 0.458. The topological polar surface area (TPSA) is 221 Å². The van der Waals surface area contributed by atoms with Gasteiger partial charge in [0.05, 0.1) is 35.6 Å². The molecule has 1 aliphatic heterocycles. The Balaban J connectivity index is 1.38. The van der Waals surface area contributed by atoms with Crippen LogP contribution in [-0.2, 0) is 42.9 Å². The van der Waals surface area contributed by atoms with Crippen molar-refractivity contribution in [1.29, 1.82) is 0 Å². The lowest BCUT2D eigenvalue weighted by Gasteiger charge is -2.67. The monoisotopic (exact) mass is 867 g/mol. The van der Waals surface area contributed by atoms with E-state index in [1.807, 2.05) is 6.92 Å². The molecule has 0 aromatic heterocycles. The van der Waals surface area contributed by atoms with Gasteiger partial charge in [-0.05, 0) is 61.7 Å². The van der Waals surface area contributed by atoms with Crippen molar-refractivity contribution in [3.05, 3.63) is 118 Å². The molecule has 0 spiro atoms. The molecule has 11 atom stereocenters. The number of amides is 1. The highest BCUT2D eigenvalue weighted by atomic mass is 16.6. The smallest absolute Gasteiger partial charge is 0.338 e. The van der Waals surface area contributed by atoms with E-state index in [0.29, 0.717) is 5.56 Å². The van der Waals surface area contributed by atoms with Gasteiger partial charge in [0.25, 0.3) is 5.91 Å². The molecule has 2 saturated carbocycles. The second-order valence-corrected chi connectivity index (χ2v) is 17.9. The molecule has 7 rings (SSSR count). The lowest BCUT2D eigenvalue weighted by molar-refractivity contribution is -0.346. The largest absolute Gasteiger partial charge is 0.456 e. The van der Waals surface area contributed by atoms with Crippen LogP contribution in [0.15, 0.2) is 96.1 Å². The highest BCUT2D eigenvalue weighted by molar-refractivity contribution is 5.96. The normalized spacial score (nSPS) is 31.6. The quantitative estimate of drug-likeness (QED) is 0.128. The molecule has 4 N–H and O–H groups in total. The lowest BCUT2D eigenvalue weighted by Crippen LogP contribution is -2.82. The van der Waals surface area contributed by atoms with E-state index in [1.165, 1.54) is 26.0 Å². The van der Waals surface area contributed by atoms with Crippen molar-refractivity contribution in [1.82, 2.24) is 5.32 Å². The van der Waals surface area contributed by atoms with E-state index in [4.69, 9.17) is 23.7 Å². The third kappa shape index (κ3) is 7.64. The summed E-state index contributed by atoms with van der Waals surface area (Å²) < 4.78 is 30.3. The molecule has 3 fully saturated rings. The average Bonchev–Trinajstić information content (AvgIpc) is 3.24. The predicted molar refractivity (Wildman–Crippen MR) is 222 cm³/mol. The number of fused-ring (bicyclic) bond motifs is 5. The molecule has 1 amide bonds. The Bertz CT molecular complexity index is 2330. The van der Waals surface area contributed by atoms with Gasteiger partial charge in [0.15, 0.2) is 23.6 Å². The Labute approximate surface area is 364 Å². The molecule has 1 saturated heterocycles. The van der Waals surface area contributed by atoms with E-state index in [1.54, 1.807) is 86.6 Å². The lowest BCUT2D eigenvalue weighted by atomic mass is 9.44. The summed E-state index contributed by atoms with van der Waals surface area (Å²) in [6, 6.07) is 21.5. The number of ketones is 1. The molecule has 3 aromatic rings. The molecule has 1 heterocycles. The number of carbonyl (C=O) groups excluding carboxylic acids is 6. The zero-order valence-corrected chi connectivity index (χ0v) is 36.2. The van der Waals surface area contributed by atoms with Crippen LogP contribution >= 0.6 is 0 Å². The van der Waals surface area contributed by atoms with Gasteiger partial charge in [-0.1, -0.05) is 80.1 Å². The van der Waals surface area contributed by atoms with E-state index in [9.17, 15) is 39.3 Å². The van der Waals surface area contributed by atoms with E-state index < -0.39 is 113 Å². The van der Waals surface area contributed by atoms with Crippen molar-refractivity contribution < 1.29 is 67.8 Å². The van der Waals surface area contributed by atoms with Crippen molar-refractivity contribution >= 4 is 35.6 Å². The first-order valence-corrected chi connectivity index (χ1v) is 20.9. The number of nitrogens with one attached hydrogen (secondary N) is 1. The Morgan fingerprint density at radius 3 is 2.02 bits per heavy atom. The summed E-state index contributed by atoms with van der Waals surface area (Å²) in [4.78, 5) is 83.7. The summed E-state index contributed by atoms with van der Waals surface area (Å²) in [6.45, 7) is 9.84. The van der Waals surface area contributed by atoms with Gasteiger partial charge in [0.2, 0.25) is 0 Å². The van der Waals surface area contributed by atoms with Crippen LogP contribution in [0.1, 0.15) is 92.3 Å². The molecule has 3 aromatic carbocycles. The summed E-state index contributed by atoms with van der Waals surface area (Å²) in [6.07, 6.45) is -10.5. The number of hydrogen-bond acceptors (Lipinski definition) is 14. The number of hydrogen-bond donors (Lipinski definition) is 4. The first-order valence-electron chi connectivity index (χ1n) is 20.9. The summed E-state index contributed by atoms with van der Waals surface area (Å²) in [5, 5.41) is 40.3. The molecule has 2 bridgehead atoms. The maximum absolute atomic E-state index is 15.5. The van der Waals surface area contributed by atoms with Gasteiger partial charge >= 0.3 is 23.9 Å². The Hall–Kier alpha value is -5.74. The molecule has 334 valence electrons. The molecule has 63 heavy (non-hydrogen) atoms. The number of aliphatic hydroxyl groups excluding tert-OH is 2. The second kappa shape index (κ2) is 16.8. The van der Waals surface area contributed by atoms with Crippen LogP contribution in [0.5, 0.6) is 0 Å². The number of aryl methyl sites for hydroxylation is 1. The fourth-order valence-electron chi connectivity index (χ4n) is 10.3. The van der Waals surface area contributed by atoms with Gasteiger partial charge in [-0.2, -0.15) is 0 Å². The number of ether oxygens (including phenoxy) is 5. The molecule has 4 aliphatic rings. The van der Waals surface area contributed by atoms with Crippen molar-refractivity contribution in [3.63, 3.8) is 0 Å². The van der Waals surface area contributed by atoms with Gasteiger partial charge in [-0.25, -0.2) is 9.59 Å². The van der Waals surface area contributed by atoms with Gasteiger partial charge in [-0.3, -0.25) is 19.2 Å². The Morgan fingerprint density at radius 2 is 1.44 bits per heavy atom. The third-order valence-electron chi connectivity index (χ3n) is 13.8. The van der Waals surface area contributed by atoms with E-state index >= 15 is 4.79 Å². The molecule has 0 radical (unpaired) electrons. The summed E-state index contributed by atoms with van der Waals surface area (Å²) in [5.74, 6) is -6.84. The first-order chi connectivity index (χ1) is 29.7. The first kappa shape index (κ1) is 45.3. The minimum Gasteiger partial charge on any atom is -0.456 e. The predicted octanol–water partition coefficient (Wildman–Crippen LogP) is 4.04. The highest BCUT2D eigenvalue weighted by Crippen LogP contribution is 2.64. The van der Waals surface area contributed by atoms with Crippen LogP contribution in [0.3, 0.4) is 0 Å². The molecule has 3 aliphatic carbocycles.